The highest BCUT2D eigenvalue weighted by Crippen LogP contribution is 2.35. The minimum absolute atomic E-state index is 0.0812. The average Bonchev–Trinajstić information content (AvgIpc) is 3.29. The van der Waals surface area contributed by atoms with Gasteiger partial charge in [-0.1, -0.05) is 69.3 Å². The summed E-state index contributed by atoms with van der Waals surface area (Å²) >= 11 is 0. The Morgan fingerprint density at radius 3 is 2.28 bits per heavy atom. The van der Waals surface area contributed by atoms with E-state index >= 15 is 0 Å². The van der Waals surface area contributed by atoms with Crippen LogP contribution in [0.15, 0.2) is 96.0 Å². The molecule has 0 fully saturated rings. The van der Waals surface area contributed by atoms with Crippen molar-refractivity contribution in [2.75, 3.05) is 10.0 Å². The Labute approximate surface area is 228 Å². The van der Waals surface area contributed by atoms with Gasteiger partial charge in [-0.05, 0) is 65.4 Å². The Bertz CT molecular complexity index is 1770. The molecule has 0 bridgehead atoms. The van der Waals surface area contributed by atoms with Gasteiger partial charge in [0.05, 0.1) is 4.90 Å². The number of pyridine rings is 1. The molecule has 0 radical (unpaired) electrons. The number of fused-ring (bicyclic) bond motifs is 1. The lowest BCUT2D eigenvalue weighted by atomic mass is 9.87. The van der Waals surface area contributed by atoms with Crippen molar-refractivity contribution in [2.24, 2.45) is 0 Å². The lowest BCUT2D eigenvalue weighted by molar-refractivity contribution is 0.102. The maximum atomic E-state index is 13.4. The Morgan fingerprint density at radius 1 is 0.897 bits per heavy atom. The smallest absolute Gasteiger partial charge is 0.273 e. The standard InChI is InChI=1S/C31H30N4O3S/c1-20-9-8-18-32-29(20)34-30(36)28-27(21-10-6-5-7-11-21)25-19-23(14-17-26(25)33-28)35-39(37,38)24-15-12-22(13-16-24)31(2,3)4/h5-19,33,35H,1-4H3,(H,32,34,36). The van der Waals surface area contributed by atoms with Crippen molar-refractivity contribution in [3.05, 3.63) is 108 Å². The van der Waals surface area contributed by atoms with Crippen molar-refractivity contribution in [1.29, 1.82) is 0 Å². The quantitative estimate of drug-likeness (QED) is 0.219. The number of hydrogen-bond acceptors (Lipinski definition) is 4. The average molecular weight is 539 g/mol. The molecular formula is C31H30N4O3S. The predicted octanol–water partition coefficient (Wildman–Crippen LogP) is 6.89. The van der Waals surface area contributed by atoms with Crippen LogP contribution in [0.4, 0.5) is 11.5 Å². The highest BCUT2D eigenvalue weighted by atomic mass is 32.2. The van der Waals surface area contributed by atoms with Gasteiger partial charge in [-0.25, -0.2) is 13.4 Å². The van der Waals surface area contributed by atoms with E-state index in [4.69, 9.17) is 0 Å². The summed E-state index contributed by atoms with van der Waals surface area (Å²) in [7, 11) is -3.82. The number of sulfonamides is 1. The van der Waals surface area contributed by atoms with Gasteiger partial charge in [0.15, 0.2) is 0 Å². The third kappa shape index (κ3) is 5.42. The van der Waals surface area contributed by atoms with E-state index in [-0.39, 0.29) is 16.2 Å². The number of nitrogens with zero attached hydrogens (tertiary/aromatic N) is 1. The summed E-state index contributed by atoms with van der Waals surface area (Å²) < 4.78 is 29.1. The van der Waals surface area contributed by atoms with E-state index in [1.165, 1.54) is 0 Å². The molecule has 5 aromatic rings. The zero-order chi connectivity index (χ0) is 27.8. The second-order valence-electron chi connectivity index (χ2n) is 10.5. The molecule has 0 aliphatic rings. The molecule has 0 saturated carbocycles. The van der Waals surface area contributed by atoms with Crippen LogP contribution in [0.25, 0.3) is 22.0 Å². The molecule has 1 amide bonds. The summed E-state index contributed by atoms with van der Waals surface area (Å²) in [5, 5.41) is 3.61. The Kier molecular flexibility index (Phi) is 6.74. The first-order valence-electron chi connectivity index (χ1n) is 12.6. The summed E-state index contributed by atoms with van der Waals surface area (Å²) in [5.41, 5.74) is 4.77. The summed E-state index contributed by atoms with van der Waals surface area (Å²) in [6.45, 7) is 8.12. The molecule has 2 aromatic heterocycles. The minimum atomic E-state index is -3.82. The molecule has 3 aromatic carbocycles. The van der Waals surface area contributed by atoms with Crippen LogP contribution in [0.2, 0.25) is 0 Å². The van der Waals surface area contributed by atoms with Crippen molar-refractivity contribution in [2.45, 2.75) is 38.0 Å². The van der Waals surface area contributed by atoms with Crippen molar-refractivity contribution >= 4 is 38.3 Å². The number of anilines is 2. The summed E-state index contributed by atoms with van der Waals surface area (Å²) in [5.74, 6) is 0.138. The van der Waals surface area contributed by atoms with Crippen LogP contribution >= 0.6 is 0 Å². The second kappa shape index (κ2) is 10.0. The van der Waals surface area contributed by atoms with Gasteiger partial charge in [0.2, 0.25) is 0 Å². The fraction of sp³-hybridized carbons (Fsp3) is 0.161. The molecule has 0 atom stereocenters. The van der Waals surface area contributed by atoms with Crippen molar-refractivity contribution in [3.8, 4) is 11.1 Å². The third-order valence-electron chi connectivity index (χ3n) is 6.61. The molecule has 198 valence electrons. The van der Waals surface area contributed by atoms with Gasteiger partial charge in [0, 0.05) is 28.4 Å². The van der Waals surface area contributed by atoms with Gasteiger partial charge in [-0.3, -0.25) is 9.52 Å². The van der Waals surface area contributed by atoms with E-state index in [1.807, 2.05) is 61.5 Å². The number of aryl methyl sites for hydroxylation is 1. The Morgan fingerprint density at radius 2 is 1.62 bits per heavy atom. The van der Waals surface area contributed by atoms with Gasteiger partial charge in [0.25, 0.3) is 15.9 Å². The van der Waals surface area contributed by atoms with Gasteiger partial charge in [0.1, 0.15) is 11.5 Å². The van der Waals surface area contributed by atoms with Crippen LogP contribution < -0.4 is 10.0 Å². The van der Waals surface area contributed by atoms with E-state index in [0.29, 0.717) is 33.7 Å². The molecular weight excluding hydrogens is 508 g/mol. The lowest BCUT2D eigenvalue weighted by Gasteiger charge is -2.19. The van der Waals surface area contributed by atoms with E-state index in [1.54, 1.807) is 36.5 Å². The molecule has 3 N–H and O–H groups in total. The maximum absolute atomic E-state index is 13.4. The molecule has 39 heavy (non-hydrogen) atoms. The van der Waals surface area contributed by atoms with Crippen molar-refractivity contribution in [1.82, 2.24) is 9.97 Å². The predicted molar refractivity (Wildman–Crippen MR) is 157 cm³/mol. The molecule has 8 heteroatoms. The highest BCUT2D eigenvalue weighted by molar-refractivity contribution is 7.92. The zero-order valence-corrected chi connectivity index (χ0v) is 23.1. The second-order valence-corrected chi connectivity index (χ2v) is 12.2. The van der Waals surface area contributed by atoms with Crippen LogP contribution in [0.1, 0.15) is 42.4 Å². The third-order valence-corrected chi connectivity index (χ3v) is 8.01. The van der Waals surface area contributed by atoms with E-state index in [0.717, 1.165) is 16.7 Å². The van der Waals surface area contributed by atoms with E-state index in [9.17, 15) is 13.2 Å². The van der Waals surface area contributed by atoms with Gasteiger partial charge < -0.3 is 10.3 Å². The normalized spacial score (nSPS) is 11.9. The number of rotatable bonds is 6. The molecule has 2 heterocycles. The highest BCUT2D eigenvalue weighted by Gasteiger charge is 2.22. The maximum Gasteiger partial charge on any atom is 0.273 e. The number of carbonyl (C=O) groups is 1. The zero-order valence-electron chi connectivity index (χ0n) is 22.2. The number of amides is 1. The minimum Gasteiger partial charge on any atom is -0.350 e. The number of nitrogens with one attached hydrogen (secondary N) is 3. The first kappa shape index (κ1) is 26.2. The molecule has 0 aliphatic heterocycles. The fourth-order valence-corrected chi connectivity index (χ4v) is 5.51. The van der Waals surface area contributed by atoms with Gasteiger partial charge >= 0.3 is 0 Å². The van der Waals surface area contributed by atoms with Crippen LogP contribution in [-0.2, 0) is 15.4 Å². The van der Waals surface area contributed by atoms with Crippen LogP contribution in [0.5, 0.6) is 0 Å². The number of aromatic amines is 1. The number of benzene rings is 3. The molecule has 5 rings (SSSR count). The Balaban J connectivity index is 1.54. The van der Waals surface area contributed by atoms with Gasteiger partial charge in [-0.2, -0.15) is 0 Å². The first-order chi connectivity index (χ1) is 18.5. The summed E-state index contributed by atoms with van der Waals surface area (Å²) in [4.78, 5) is 21.1. The van der Waals surface area contributed by atoms with Crippen LogP contribution in [-0.4, -0.2) is 24.3 Å². The molecule has 0 unspecified atom stereocenters. The molecule has 0 saturated heterocycles. The van der Waals surface area contributed by atoms with Crippen molar-refractivity contribution < 1.29 is 13.2 Å². The fourth-order valence-electron chi connectivity index (χ4n) is 4.47. The monoisotopic (exact) mass is 538 g/mol. The van der Waals surface area contributed by atoms with E-state index < -0.39 is 10.0 Å². The topological polar surface area (TPSA) is 104 Å². The lowest BCUT2D eigenvalue weighted by Crippen LogP contribution is -2.15. The van der Waals surface area contributed by atoms with Gasteiger partial charge in [-0.15, -0.1) is 0 Å². The summed E-state index contributed by atoms with van der Waals surface area (Å²) in [6.07, 6.45) is 1.63. The number of aromatic nitrogens is 2. The SMILES string of the molecule is Cc1cccnc1NC(=O)c1[nH]c2ccc(NS(=O)(=O)c3ccc(C(C)(C)C)cc3)cc2c1-c1ccccc1. The van der Waals surface area contributed by atoms with E-state index in [2.05, 4.69) is 40.8 Å². The number of H-pyrrole nitrogens is 1. The number of hydrogen-bond donors (Lipinski definition) is 3. The molecule has 0 spiro atoms. The number of carbonyl (C=O) groups excluding carboxylic acids is 1. The Hall–Kier alpha value is -4.43. The van der Waals surface area contributed by atoms with Crippen LogP contribution in [0, 0.1) is 6.92 Å². The first-order valence-corrected chi connectivity index (χ1v) is 14.1. The largest absolute Gasteiger partial charge is 0.350 e. The summed E-state index contributed by atoms with van der Waals surface area (Å²) in [6, 6.07) is 25.3. The van der Waals surface area contributed by atoms with Crippen LogP contribution in [0.3, 0.4) is 0 Å². The van der Waals surface area contributed by atoms with Crippen molar-refractivity contribution in [3.63, 3.8) is 0 Å². The molecule has 0 aliphatic carbocycles. The molecule has 7 nitrogen and oxygen atoms in total.